The topological polar surface area (TPSA) is 12.5 Å². The highest BCUT2D eigenvalue weighted by Gasteiger charge is 2.71. The van der Waals surface area contributed by atoms with Gasteiger partial charge in [0.1, 0.15) is 0 Å². The van der Waals surface area contributed by atoms with Crippen molar-refractivity contribution in [2.75, 3.05) is 0 Å². The molecule has 0 amide bonds. The van der Waals surface area contributed by atoms with E-state index in [0.29, 0.717) is 23.0 Å². The molecular formula is C11H18O. The van der Waals surface area contributed by atoms with Gasteiger partial charge in [0.25, 0.3) is 0 Å². The molecule has 3 fully saturated rings. The molecule has 0 spiro atoms. The largest absolute Gasteiger partial charge is 0.369 e. The van der Waals surface area contributed by atoms with Crippen molar-refractivity contribution in [2.24, 2.45) is 16.7 Å². The molecule has 2 saturated carbocycles. The van der Waals surface area contributed by atoms with Gasteiger partial charge in [-0.15, -0.1) is 0 Å². The Hall–Kier alpha value is -0.0400. The summed E-state index contributed by atoms with van der Waals surface area (Å²) in [7, 11) is 0. The molecule has 3 rings (SSSR count). The van der Waals surface area contributed by atoms with Crippen molar-refractivity contribution in [1.82, 2.24) is 0 Å². The van der Waals surface area contributed by atoms with Gasteiger partial charge in [-0.3, -0.25) is 0 Å². The lowest BCUT2D eigenvalue weighted by atomic mass is 9.64. The highest BCUT2D eigenvalue weighted by molar-refractivity contribution is 5.18. The number of rotatable bonds is 0. The second kappa shape index (κ2) is 1.75. The summed E-state index contributed by atoms with van der Waals surface area (Å²) in [6.07, 6.45) is 5.63. The molecule has 4 unspecified atom stereocenters. The average Bonchev–Trinajstić information content (AvgIpc) is 2.57. The summed E-state index contributed by atoms with van der Waals surface area (Å²) in [4.78, 5) is 0. The van der Waals surface area contributed by atoms with Crippen molar-refractivity contribution >= 4 is 0 Å². The number of epoxide rings is 1. The van der Waals surface area contributed by atoms with E-state index in [1.54, 1.807) is 0 Å². The fourth-order valence-corrected chi connectivity index (χ4v) is 3.69. The number of fused-ring (bicyclic) bond motifs is 5. The van der Waals surface area contributed by atoms with Gasteiger partial charge in [0.2, 0.25) is 0 Å². The Labute approximate surface area is 74.5 Å². The minimum absolute atomic E-state index is 0.456. The SMILES string of the molecule is CC(C)(C)C12CCC(C1)C1OC12. The Morgan fingerprint density at radius 2 is 2.08 bits per heavy atom. The third kappa shape index (κ3) is 0.618. The minimum Gasteiger partial charge on any atom is -0.369 e. The van der Waals surface area contributed by atoms with Crippen LogP contribution in [0.4, 0.5) is 0 Å². The molecule has 12 heavy (non-hydrogen) atoms. The predicted octanol–water partition coefficient (Wildman–Crippen LogP) is 2.60. The second-order valence-corrected chi connectivity index (χ2v) is 5.93. The summed E-state index contributed by atoms with van der Waals surface area (Å²) >= 11 is 0. The first kappa shape index (κ1) is 7.37. The van der Waals surface area contributed by atoms with E-state index in [1.165, 1.54) is 19.3 Å². The molecule has 0 aromatic heterocycles. The quantitative estimate of drug-likeness (QED) is 0.504. The van der Waals surface area contributed by atoms with Crippen molar-refractivity contribution in [3.63, 3.8) is 0 Å². The molecule has 0 radical (unpaired) electrons. The lowest BCUT2D eigenvalue weighted by Crippen LogP contribution is -2.37. The third-order valence-corrected chi connectivity index (χ3v) is 4.62. The van der Waals surface area contributed by atoms with Crippen LogP contribution in [0.25, 0.3) is 0 Å². The highest BCUT2D eigenvalue weighted by atomic mass is 16.6. The van der Waals surface area contributed by atoms with Gasteiger partial charge in [-0.1, -0.05) is 20.8 Å². The van der Waals surface area contributed by atoms with Crippen LogP contribution in [-0.4, -0.2) is 12.2 Å². The zero-order chi connectivity index (χ0) is 8.56. The Morgan fingerprint density at radius 3 is 2.50 bits per heavy atom. The van der Waals surface area contributed by atoms with Crippen LogP contribution in [0, 0.1) is 16.7 Å². The van der Waals surface area contributed by atoms with Gasteiger partial charge in [-0.2, -0.15) is 0 Å². The van der Waals surface area contributed by atoms with Crippen LogP contribution in [0.3, 0.4) is 0 Å². The maximum Gasteiger partial charge on any atom is 0.0905 e. The molecule has 3 aliphatic rings. The van der Waals surface area contributed by atoms with E-state index in [2.05, 4.69) is 20.8 Å². The standard InChI is InChI=1S/C11H18O/c1-10(2,3)11-5-4-7(6-11)8-9(11)12-8/h7-9H,4-6H2,1-3H3. The fraction of sp³-hybridized carbons (Fsp3) is 1.00. The van der Waals surface area contributed by atoms with Gasteiger partial charge in [-0.25, -0.2) is 0 Å². The average molecular weight is 166 g/mol. The zero-order valence-corrected chi connectivity index (χ0v) is 8.26. The summed E-state index contributed by atoms with van der Waals surface area (Å²) in [5.74, 6) is 0.925. The van der Waals surface area contributed by atoms with Crippen LogP contribution >= 0.6 is 0 Å². The van der Waals surface area contributed by atoms with Gasteiger partial charge in [0.15, 0.2) is 0 Å². The maximum absolute atomic E-state index is 5.77. The third-order valence-electron chi connectivity index (χ3n) is 4.62. The van der Waals surface area contributed by atoms with E-state index in [1.807, 2.05) is 0 Å². The van der Waals surface area contributed by atoms with E-state index in [9.17, 15) is 0 Å². The number of hydrogen-bond acceptors (Lipinski definition) is 1. The Bertz CT molecular complexity index is 228. The first-order valence-electron chi connectivity index (χ1n) is 5.20. The van der Waals surface area contributed by atoms with Crippen molar-refractivity contribution in [2.45, 2.75) is 52.2 Å². The fourth-order valence-electron chi connectivity index (χ4n) is 3.69. The van der Waals surface area contributed by atoms with Gasteiger partial charge in [0.05, 0.1) is 12.2 Å². The highest BCUT2D eigenvalue weighted by Crippen LogP contribution is 2.69. The van der Waals surface area contributed by atoms with E-state index in [-0.39, 0.29) is 0 Å². The lowest BCUT2D eigenvalue weighted by molar-refractivity contribution is 0.0508. The first-order valence-corrected chi connectivity index (χ1v) is 5.20. The van der Waals surface area contributed by atoms with E-state index < -0.39 is 0 Å². The minimum atomic E-state index is 0.456. The Morgan fingerprint density at radius 1 is 1.33 bits per heavy atom. The summed E-state index contributed by atoms with van der Waals surface area (Å²) in [5, 5.41) is 0. The Balaban J connectivity index is 2.00. The summed E-state index contributed by atoms with van der Waals surface area (Å²) in [5.41, 5.74) is 1.01. The predicted molar refractivity (Wildman–Crippen MR) is 47.9 cm³/mol. The van der Waals surface area contributed by atoms with Crippen LogP contribution in [0.1, 0.15) is 40.0 Å². The summed E-state index contributed by atoms with van der Waals surface area (Å²) in [6, 6.07) is 0. The number of hydrogen-bond donors (Lipinski definition) is 0. The second-order valence-electron chi connectivity index (χ2n) is 5.93. The zero-order valence-electron chi connectivity index (χ0n) is 8.26. The normalized spacial score (nSPS) is 55.8. The van der Waals surface area contributed by atoms with Crippen LogP contribution < -0.4 is 0 Å². The molecule has 0 N–H and O–H groups in total. The molecular weight excluding hydrogens is 148 g/mol. The van der Waals surface area contributed by atoms with Crippen molar-refractivity contribution < 1.29 is 4.74 Å². The van der Waals surface area contributed by atoms with Crippen molar-refractivity contribution in [3.05, 3.63) is 0 Å². The van der Waals surface area contributed by atoms with Crippen molar-refractivity contribution in [3.8, 4) is 0 Å². The first-order chi connectivity index (χ1) is 5.55. The molecule has 1 saturated heterocycles. The Kier molecular flexibility index (Phi) is 1.07. The van der Waals surface area contributed by atoms with E-state index >= 15 is 0 Å². The molecule has 1 heteroatoms. The van der Waals surface area contributed by atoms with Crippen LogP contribution in [0.5, 0.6) is 0 Å². The smallest absolute Gasteiger partial charge is 0.0905 e. The van der Waals surface area contributed by atoms with Gasteiger partial charge in [0, 0.05) is 5.41 Å². The molecule has 1 nitrogen and oxygen atoms in total. The monoisotopic (exact) mass is 166 g/mol. The van der Waals surface area contributed by atoms with Crippen LogP contribution in [-0.2, 0) is 4.74 Å². The molecule has 1 aliphatic heterocycles. The lowest BCUT2D eigenvalue weighted by Gasteiger charge is -2.40. The van der Waals surface area contributed by atoms with Crippen LogP contribution in [0.15, 0.2) is 0 Å². The van der Waals surface area contributed by atoms with Gasteiger partial charge >= 0.3 is 0 Å². The molecule has 0 aromatic rings. The molecule has 68 valence electrons. The van der Waals surface area contributed by atoms with Gasteiger partial charge in [-0.05, 0) is 30.6 Å². The molecule has 2 aliphatic carbocycles. The molecule has 2 bridgehead atoms. The number of ether oxygens (including phenoxy) is 1. The molecule has 4 atom stereocenters. The maximum atomic E-state index is 5.77. The van der Waals surface area contributed by atoms with E-state index in [0.717, 1.165) is 5.92 Å². The van der Waals surface area contributed by atoms with Gasteiger partial charge < -0.3 is 4.74 Å². The van der Waals surface area contributed by atoms with Crippen LogP contribution in [0.2, 0.25) is 0 Å². The molecule has 1 heterocycles. The summed E-state index contributed by atoms with van der Waals surface area (Å²) < 4.78 is 5.77. The molecule has 0 aromatic carbocycles. The van der Waals surface area contributed by atoms with Crippen molar-refractivity contribution in [1.29, 1.82) is 0 Å². The van der Waals surface area contributed by atoms with E-state index in [4.69, 9.17) is 4.74 Å². The summed E-state index contributed by atoms with van der Waals surface area (Å²) in [6.45, 7) is 7.16.